The van der Waals surface area contributed by atoms with Crippen LogP contribution >= 0.6 is 11.8 Å². The quantitative estimate of drug-likeness (QED) is 0.147. The topological polar surface area (TPSA) is 143 Å². The van der Waals surface area contributed by atoms with Crippen LogP contribution in [0.25, 0.3) is 17.1 Å². The van der Waals surface area contributed by atoms with E-state index in [-0.39, 0.29) is 22.9 Å². The summed E-state index contributed by atoms with van der Waals surface area (Å²) in [7, 11) is 0. The number of thioether (sulfide) groups is 1. The number of aromatic hydroxyl groups is 2. The highest BCUT2D eigenvalue weighted by molar-refractivity contribution is 7.99. The molecule has 0 saturated heterocycles. The molecule has 11 heteroatoms. The second-order valence-electron chi connectivity index (χ2n) is 7.74. The van der Waals surface area contributed by atoms with Gasteiger partial charge >= 0.3 is 0 Å². The maximum Gasteiger partial charge on any atom is 0.273 e. The second-order valence-corrected chi connectivity index (χ2v) is 8.69. The van der Waals surface area contributed by atoms with E-state index in [1.165, 1.54) is 12.1 Å². The zero-order valence-corrected chi connectivity index (χ0v) is 19.6. The van der Waals surface area contributed by atoms with E-state index in [2.05, 4.69) is 15.5 Å². The van der Waals surface area contributed by atoms with Gasteiger partial charge in [0.25, 0.3) is 5.69 Å². The van der Waals surface area contributed by atoms with Crippen molar-refractivity contribution < 1.29 is 19.9 Å². The van der Waals surface area contributed by atoms with E-state index in [1.54, 1.807) is 28.8 Å². The molecule has 178 valence electrons. The van der Waals surface area contributed by atoms with Gasteiger partial charge in [-0.3, -0.25) is 19.5 Å². The number of aromatic nitrogens is 3. The number of carbonyl (C=O) groups excluding carboxylic acids is 1. The fourth-order valence-electron chi connectivity index (χ4n) is 3.53. The maximum atomic E-state index is 12.6. The minimum atomic E-state index is -0.636. The Kier molecular flexibility index (Phi) is 6.69. The smallest absolute Gasteiger partial charge is 0.273 e. The van der Waals surface area contributed by atoms with Gasteiger partial charge in [-0.05, 0) is 43.7 Å². The van der Waals surface area contributed by atoms with Crippen molar-refractivity contribution in [3.63, 3.8) is 0 Å². The number of hydrogen-bond acceptors (Lipinski definition) is 8. The van der Waals surface area contributed by atoms with Crippen LogP contribution in [0.4, 0.5) is 11.4 Å². The lowest BCUT2D eigenvalue weighted by Gasteiger charge is -2.14. The number of carbonyl (C=O) groups is 1. The Morgan fingerprint density at radius 2 is 1.83 bits per heavy atom. The molecule has 0 saturated carbocycles. The highest BCUT2D eigenvalue weighted by atomic mass is 32.2. The number of nitrogens with zero attached hydrogens (tertiary/aromatic N) is 4. The van der Waals surface area contributed by atoms with Gasteiger partial charge in [0.15, 0.2) is 11.0 Å². The van der Waals surface area contributed by atoms with Crippen LogP contribution in [0.1, 0.15) is 11.1 Å². The van der Waals surface area contributed by atoms with E-state index in [0.717, 1.165) is 34.6 Å². The summed E-state index contributed by atoms with van der Waals surface area (Å²) in [6.45, 7) is 3.94. The monoisotopic (exact) mass is 491 g/mol. The van der Waals surface area contributed by atoms with Gasteiger partial charge in [0.1, 0.15) is 11.5 Å². The molecule has 0 aliphatic heterocycles. The lowest BCUT2D eigenvalue weighted by molar-refractivity contribution is -0.384. The van der Waals surface area contributed by atoms with Crippen molar-refractivity contribution in [2.45, 2.75) is 19.0 Å². The second kappa shape index (κ2) is 9.85. The summed E-state index contributed by atoms with van der Waals surface area (Å²) in [4.78, 5) is 22.8. The highest BCUT2D eigenvalue weighted by Crippen LogP contribution is 2.34. The van der Waals surface area contributed by atoms with E-state index < -0.39 is 16.6 Å². The number of nitrogens with one attached hydrogen (secondary N) is 1. The van der Waals surface area contributed by atoms with E-state index in [4.69, 9.17) is 0 Å². The Hall–Kier alpha value is -4.38. The Morgan fingerprint density at radius 3 is 2.51 bits per heavy atom. The predicted molar refractivity (Wildman–Crippen MR) is 132 cm³/mol. The SMILES string of the molecule is Cc1ccc(-n2c(SCC(=O)Nc3ccc([N+](=O)[O-])cc3O)nnc2-c2ccccc2O)c(C)c1. The number of nitro groups is 1. The van der Waals surface area contributed by atoms with Crippen LogP contribution in [0.5, 0.6) is 11.5 Å². The lowest BCUT2D eigenvalue weighted by atomic mass is 10.1. The molecule has 4 aromatic rings. The molecule has 0 aliphatic carbocycles. The third-order valence-electron chi connectivity index (χ3n) is 5.17. The number of benzene rings is 3. The molecule has 0 radical (unpaired) electrons. The van der Waals surface area contributed by atoms with Crippen molar-refractivity contribution in [3.8, 4) is 28.6 Å². The first-order valence-electron chi connectivity index (χ1n) is 10.5. The van der Waals surface area contributed by atoms with Crippen molar-refractivity contribution in [2.24, 2.45) is 0 Å². The summed E-state index contributed by atoms with van der Waals surface area (Å²) >= 11 is 1.12. The average Bonchev–Trinajstić information content (AvgIpc) is 3.22. The van der Waals surface area contributed by atoms with Crippen molar-refractivity contribution in [1.82, 2.24) is 14.8 Å². The number of rotatable bonds is 7. The maximum absolute atomic E-state index is 12.6. The lowest BCUT2D eigenvalue weighted by Crippen LogP contribution is -2.15. The summed E-state index contributed by atoms with van der Waals surface area (Å²) in [6, 6.07) is 16.1. The van der Waals surface area contributed by atoms with Crippen LogP contribution in [-0.4, -0.2) is 41.6 Å². The van der Waals surface area contributed by atoms with Gasteiger partial charge in [0.05, 0.1) is 33.7 Å². The van der Waals surface area contributed by atoms with Gasteiger partial charge in [0, 0.05) is 6.07 Å². The van der Waals surface area contributed by atoms with E-state index in [0.29, 0.717) is 16.5 Å². The van der Waals surface area contributed by atoms with Gasteiger partial charge in [-0.15, -0.1) is 10.2 Å². The molecular weight excluding hydrogens is 470 g/mol. The molecule has 10 nitrogen and oxygen atoms in total. The standard InChI is InChI=1S/C24H21N5O5S/c1-14-7-10-19(15(2)11-14)28-23(17-5-3-4-6-20(17)30)26-27-24(28)35-13-22(32)25-18-9-8-16(29(33)34)12-21(18)31/h3-12,30-31H,13H2,1-2H3,(H,25,32). The number of amides is 1. The van der Waals surface area contributed by atoms with Crippen molar-refractivity contribution in [2.75, 3.05) is 11.1 Å². The third kappa shape index (κ3) is 5.09. The molecule has 3 aromatic carbocycles. The van der Waals surface area contributed by atoms with Crippen molar-refractivity contribution in [3.05, 3.63) is 81.9 Å². The zero-order valence-electron chi connectivity index (χ0n) is 18.8. The predicted octanol–water partition coefficient (Wildman–Crippen LogP) is 4.60. The molecule has 1 heterocycles. The number of nitro benzene ring substituents is 1. The van der Waals surface area contributed by atoms with Gasteiger partial charge in [0.2, 0.25) is 5.91 Å². The molecule has 0 fully saturated rings. The summed E-state index contributed by atoms with van der Waals surface area (Å²) in [5.74, 6) is -0.448. The third-order valence-corrected chi connectivity index (χ3v) is 6.10. The highest BCUT2D eigenvalue weighted by Gasteiger charge is 2.21. The Morgan fingerprint density at radius 1 is 1.06 bits per heavy atom. The minimum absolute atomic E-state index is 0.0499. The average molecular weight is 492 g/mol. The molecule has 3 N–H and O–H groups in total. The fraction of sp³-hybridized carbons (Fsp3) is 0.125. The number of aryl methyl sites for hydroxylation is 2. The fourth-order valence-corrected chi connectivity index (χ4v) is 4.27. The van der Waals surface area contributed by atoms with Gasteiger partial charge in [-0.25, -0.2) is 0 Å². The number of phenols is 2. The van der Waals surface area contributed by atoms with Crippen LogP contribution in [0, 0.1) is 24.0 Å². The molecule has 4 rings (SSSR count). The van der Waals surface area contributed by atoms with Crippen molar-refractivity contribution >= 4 is 29.0 Å². The first-order chi connectivity index (χ1) is 16.7. The summed E-state index contributed by atoms with van der Waals surface area (Å²) in [6.07, 6.45) is 0. The van der Waals surface area contributed by atoms with Crippen LogP contribution in [0.2, 0.25) is 0 Å². The number of phenolic OH excluding ortho intramolecular Hbond substituents is 2. The largest absolute Gasteiger partial charge is 0.507 e. The zero-order chi connectivity index (χ0) is 25.1. The Labute approximate surface area is 204 Å². The molecule has 0 spiro atoms. The Balaban J connectivity index is 1.62. The molecule has 35 heavy (non-hydrogen) atoms. The van der Waals surface area contributed by atoms with Gasteiger partial charge in [-0.1, -0.05) is 41.6 Å². The Bertz CT molecular complexity index is 1440. The molecule has 0 aliphatic rings. The molecule has 1 amide bonds. The van der Waals surface area contributed by atoms with Crippen LogP contribution in [-0.2, 0) is 4.79 Å². The first kappa shape index (κ1) is 23.8. The number of para-hydroxylation sites is 1. The number of non-ortho nitro benzene ring substituents is 1. The van der Waals surface area contributed by atoms with Gasteiger partial charge < -0.3 is 15.5 Å². The summed E-state index contributed by atoms with van der Waals surface area (Å²) in [5.41, 5.74) is 3.12. The summed E-state index contributed by atoms with van der Waals surface area (Å²) < 4.78 is 1.78. The van der Waals surface area contributed by atoms with Crippen LogP contribution in [0.3, 0.4) is 0 Å². The van der Waals surface area contributed by atoms with E-state index in [1.807, 2.05) is 32.0 Å². The molecule has 0 atom stereocenters. The molecule has 0 unspecified atom stereocenters. The van der Waals surface area contributed by atoms with E-state index in [9.17, 15) is 25.1 Å². The normalized spacial score (nSPS) is 10.8. The van der Waals surface area contributed by atoms with E-state index >= 15 is 0 Å². The minimum Gasteiger partial charge on any atom is -0.507 e. The molecular formula is C24H21N5O5S. The molecule has 1 aromatic heterocycles. The van der Waals surface area contributed by atoms with Crippen LogP contribution in [0.15, 0.2) is 65.8 Å². The van der Waals surface area contributed by atoms with Crippen molar-refractivity contribution in [1.29, 1.82) is 0 Å². The number of anilines is 1. The molecule has 0 bridgehead atoms. The summed E-state index contributed by atoms with van der Waals surface area (Å²) in [5, 5.41) is 42.8. The van der Waals surface area contributed by atoms with Crippen LogP contribution < -0.4 is 5.32 Å². The first-order valence-corrected chi connectivity index (χ1v) is 11.4. The number of hydrogen-bond donors (Lipinski definition) is 3. The van der Waals surface area contributed by atoms with Gasteiger partial charge in [-0.2, -0.15) is 0 Å².